The number of nitrogens with zero attached hydrogens (tertiary/aromatic N) is 2. The maximum atomic E-state index is 12.3. The first-order chi connectivity index (χ1) is 10.3. The lowest BCUT2D eigenvalue weighted by Crippen LogP contribution is -2.53. The van der Waals surface area contributed by atoms with Crippen molar-refractivity contribution in [3.05, 3.63) is 24.5 Å². The highest BCUT2D eigenvalue weighted by Gasteiger charge is 2.44. The van der Waals surface area contributed by atoms with E-state index in [9.17, 15) is 4.79 Å². The zero-order valence-corrected chi connectivity index (χ0v) is 12.1. The maximum absolute atomic E-state index is 12.3. The van der Waals surface area contributed by atoms with Crippen LogP contribution in [0.15, 0.2) is 24.5 Å². The van der Waals surface area contributed by atoms with E-state index in [0.717, 1.165) is 44.3 Å². The molecule has 1 aromatic heterocycles. The van der Waals surface area contributed by atoms with Gasteiger partial charge in [0.2, 0.25) is 0 Å². The number of pyridine rings is 1. The lowest BCUT2D eigenvalue weighted by Gasteiger charge is -2.38. The van der Waals surface area contributed by atoms with E-state index < -0.39 is 0 Å². The molecule has 1 N–H and O–H groups in total. The van der Waals surface area contributed by atoms with Crippen LogP contribution in [0.2, 0.25) is 0 Å². The summed E-state index contributed by atoms with van der Waals surface area (Å²) in [5.74, 6) is 0.831. The fourth-order valence-corrected chi connectivity index (χ4v) is 3.64. The van der Waals surface area contributed by atoms with Gasteiger partial charge in [-0.3, -0.25) is 4.98 Å². The number of aromatic nitrogens is 1. The number of fused-ring (bicyclic) bond motifs is 2. The Bertz CT molecular complexity index is 504. The van der Waals surface area contributed by atoms with E-state index in [4.69, 9.17) is 4.74 Å². The van der Waals surface area contributed by atoms with E-state index in [0.29, 0.717) is 18.1 Å². The molecule has 0 radical (unpaired) electrons. The Morgan fingerprint density at radius 3 is 2.62 bits per heavy atom. The quantitative estimate of drug-likeness (QED) is 0.928. The van der Waals surface area contributed by atoms with Crippen molar-refractivity contribution < 1.29 is 9.53 Å². The third-order valence-corrected chi connectivity index (χ3v) is 4.77. The van der Waals surface area contributed by atoms with Gasteiger partial charge in [0.05, 0.1) is 6.20 Å². The van der Waals surface area contributed by atoms with E-state index in [1.54, 1.807) is 12.4 Å². The number of hydrogen-bond donors (Lipinski definition) is 1. The zero-order valence-electron chi connectivity index (χ0n) is 12.1. The summed E-state index contributed by atoms with van der Waals surface area (Å²) in [4.78, 5) is 18.5. The molecule has 4 rings (SSSR count). The highest BCUT2D eigenvalue weighted by Crippen LogP contribution is 2.37. The van der Waals surface area contributed by atoms with E-state index >= 15 is 0 Å². The van der Waals surface area contributed by atoms with Gasteiger partial charge in [-0.05, 0) is 37.8 Å². The SMILES string of the molecule is O=C(NC1CC1)N1C2CCC1CC(Oc1cccnc1)C2. The maximum Gasteiger partial charge on any atom is 0.318 e. The van der Waals surface area contributed by atoms with Gasteiger partial charge in [0.1, 0.15) is 11.9 Å². The number of hydrogen-bond acceptors (Lipinski definition) is 3. The van der Waals surface area contributed by atoms with Crippen molar-refractivity contribution in [3.63, 3.8) is 0 Å². The van der Waals surface area contributed by atoms with Gasteiger partial charge in [0, 0.05) is 37.2 Å². The van der Waals surface area contributed by atoms with Crippen LogP contribution < -0.4 is 10.1 Å². The second kappa shape index (κ2) is 5.20. The van der Waals surface area contributed by atoms with E-state index in [1.807, 2.05) is 12.1 Å². The molecule has 1 saturated carbocycles. The molecule has 5 heteroatoms. The molecular weight excluding hydrogens is 266 g/mol. The highest BCUT2D eigenvalue weighted by molar-refractivity contribution is 5.76. The minimum absolute atomic E-state index is 0.143. The third kappa shape index (κ3) is 2.69. The molecule has 112 valence electrons. The Kier molecular flexibility index (Phi) is 3.20. The standard InChI is InChI=1S/C16H21N3O2/c20-16(18-11-3-4-11)19-12-5-6-13(19)9-15(8-12)21-14-2-1-7-17-10-14/h1-2,7,10-13,15H,3-6,8-9H2,(H,18,20). The number of carbonyl (C=O) groups is 1. The Balaban J connectivity index is 1.39. The number of piperidine rings is 1. The molecule has 2 unspecified atom stereocenters. The van der Waals surface area contributed by atoms with Crippen molar-refractivity contribution in [2.45, 2.75) is 62.8 Å². The molecule has 21 heavy (non-hydrogen) atoms. The van der Waals surface area contributed by atoms with E-state index in [1.165, 1.54) is 0 Å². The second-order valence-corrected chi connectivity index (χ2v) is 6.42. The van der Waals surface area contributed by atoms with Crippen LogP contribution in [0.4, 0.5) is 4.79 Å². The summed E-state index contributed by atoms with van der Waals surface area (Å²) < 4.78 is 6.04. The Labute approximate surface area is 124 Å². The normalized spacial score (nSPS) is 31.0. The smallest absolute Gasteiger partial charge is 0.318 e. The van der Waals surface area contributed by atoms with E-state index in [-0.39, 0.29) is 12.1 Å². The summed E-state index contributed by atoms with van der Waals surface area (Å²) in [6.07, 6.45) is 10.1. The van der Waals surface area contributed by atoms with Crippen molar-refractivity contribution in [3.8, 4) is 5.75 Å². The topological polar surface area (TPSA) is 54.5 Å². The summed E-state index contributed by atoms with van der Waals surface area (Å²) in [5.41, 5.74) is 0. The number of carbonyl (C=O) groups excluding carboxylic acids is 1. The van der Waals surface area contributed by atoms with Crippen molar-refractivity contribution in [1.82, 2.24) is 15.2 Å². The van der Waals surface area contributed by atoms with Gasteiger partial charge in [-0.25, -0.2) is 4.79 Å². The van der Waals surface area contributed by atoms with Crippen molar-refractivity contribution in [2.24, 2.45) is 0 Å². The molecule has 2 bridgehead atoms. The van der Waals surface area contributed by atoms with Gasteiger partial charge < -0.3 is 15.0 Å². The van der Waals surface area contributed by atoms with Crippen LogP contribution in [0.1, 0.15) is 38.5 Å². The largest absolute Gasteiger partial charge is 0.489 e. The van der Waals surface area contributed by atoms with Crippen LogP contribution in [0.3, 0.4) is 0 Å². The second-order valence-electron chi connectivity index (χ2n) is 6.42. The number of ether oxygens (including phenoxy) is 1. The Hall–Kier alpha value is -1.78. The molecule has 3 heterocycles. The number of nitrogens with one attached hydrogen (secondary N) is 1. The van der Waals surface area contributed by atoms with Crippen LogP contribution in [0.5, 0.6) is 5.75 Å². The molecule has 2 atom stereocenters. The lowest BCUT2D eigenvalue weighted by atomic mass is 10.00. The summed E-state index contributed by atoms with van der Waals surface area (Å²) in [5, 5.41) is 3.13. The Morgan fingerprint density at radius 1 is 1.24 bits per heavy atom. The average Bonchev–Trinajstić information content (AvgIpc) is 3.25. The first kappa shape index (κ1) is 12.9. The van der Waals surface area contributed by atoms with Crippen LogP contribution in [0.25, 0.3) is 0 Å². The van der Waals surface area contributed by atoms with Gasteiger partial charge in [-0.1, -0.05) is 0 Å². The van der Waals surface area contributed by atoms with Crippen molar-refractivity contribution in [1.29, 1.82) is 0 Å². The molecule has 0 aromatic carbocycles. The number of urea groups is 1. The Morgan fingerprint density at radius 2 is 2.00 bits per heavy atom. The molecule has 3 fully saturated rings. The van der Waals surface area contributed by atoms with Crippen LogP contribution in [0, 0.1) is 0 Å². The summed E-state index contributed by atoms with van der Waals surface area (Å²) in [7, 11) is 0. The minimum atomic E-state index is 0.143. The van der Waals surface area contributed by atoms with Crippen LogP contribution in [-0.4, -0.2) is 40.1 Å². The molecule has 5 nitrogen and oxygen atoms in total. The third-order valence-electron chi connectivity index (χ3n) is 4.77. The highest BCUT2D eigenvalue weighted by atomic mass is 16.5. The van der Waals surface area contributed by atoms with Crippen LogP contribution in [-0.2, 0) is 0 Å². The predicted octanol–water partition coefficient (Wildman–Crippen LogP) is 2.33. The summed E-state index contributed by atoms with van der Waals surface area (Å²) >= 11 is 0. The van der Waals surface area contributed by atoms with Gasteiger partial charge in [-0.15, -0.1) is 0 Å². The molecule has 2 amide bonds. The van der Waals surface area contributed by atoms with Gasteiger partial charge in [0.25, 0.3) is 0 Å². The van der Waals surface area contributed by atoms with Gasteiger partial charge >= 0.3 is 6.03 Å². The zero-order chi connectivity index (χ0) is 14.2. The lowest BCUT2D eigenvalue weighted by molar-refractivity contribution is 0.0684. The first-order valence-corrected chi connectivity index (χ1v) is 7.95. The van der Waals surface area contributed by atoms with Gasteiger partial charge in [0.15, 0.2) is 0 Å². The minimum Gasteiger partial charge on any atom is -0.489 e. The fourth-order valence-electron chi connectivity index (χ4n) is 3.64. The fraction of sp³-hybridized carbons (Fsp3) is 0.625. The number of amides is 2. The molecule has 0 spiro atoms. The molecule has 3 aliphatic rings. The van der Waals surface area contributed by atoms with E-state index in [2.05, 4.69) is 15.2 Å². The molecule has 1 aliphatic carbocycles. The predicted molar refractivity (Wildman–Crippen MR) is 78.1 cm³/mol. The number of rotatable bonds is 3. The monoisotopic (exact) mass is 287 g/mol. The van der Waals surface area contributed by atoms with Crippen LogP contribution >= 0.6 is 0 Å². The van der Waals surface area contributed by atoms with Crippen molar-refractivity contribution >= 4 is 6.03 Å². The molecular formula is C16H21N3O2. The molecule has 2 saturated heterocycles. The summed E-state index contributed by atoms with van der Waals surface area (Å²) in [6.45, 7) is 0. The molecule has 1 aromatic rings. The summed E-state index contributed by atoms with van der Waals surface area (Å²) in [6, 6.07) is 5.09. The first-order valence-electron chi connectivity index (χ1n) is 7.95. The average molecular weight is 287 g/mol. The molecule has 2 aliphatic heterocycles. The van der Waals surface area contributed by atoms with Crippen molar-refractivity contribution in [2.75, 3.05) is 0 Å². The van der Waals surface area contributed by atoms with Gasteiger partial charge in [-0.2, -0.15) is 0 Å².